The molecule has 116 valence electrons. The fraction of sp³-hybridized carbons (Fsp3) is 0.562. The lowest BCUT2D eigenvalue weighted by Crippen LogP contribution is -2.57. The van der Waals surface area contributed by atoms with Gasteiger partial charge in [0.15, 0.2) is 0 Å². The van der Waals surface area contributed by atoms with Crippen LogP contribution in [0.4, 0.5) is 0 Å². The Bertz CT molecular complexity index is 482. The molecule has 1 aromatic carbocycles. The molecule has 0 saturated carbocycles. The summed E-state index contributed by atoms with van der Waals surface area (Å²) in [5.41, 5.74) is 0.811. The van der Waals surface area contributed by atoms with Gasteiger partial charge in [0.2, 0.25) is 5.91 Å². The maximum absolute atomic E-state index is 12.6. The van der Waals surface area contributed by atoms with Gasteiger partial charge in [-0.15, -0.1) is 0 Å². The summed E-state index contributed by atoms with van der Waals surface area (Å²) in [7, 11) is 3.22. The first kappa shape index (κ1) is 15.6. The van der Waals surface area contributed by atoms with E-state index >= 15 is 0 Å². The molecule has 0 radical (unpaired) electrons. The van der Waals surface area contributed by atoms with Crippen molar-refractivity contribution in [3.05, 3.63) is 23.8 Å². The van der Waals surface area contributed by atoms with E-state index in [0.717, 1.165) is 18.7 Å². The summed E-state index contributed by atoms with van der Waals surface area (Å²) in [6.07, 6.45) is 0.296. The molecule has 2 atom stereocenters. The zero-order valence-electron chi connectivity index (χ0n) is 13.2. The number of hydrogen-bond acceptors (Lipinski definition) is 4. The molecule has 2 rings (SSSR count). The van der Waals surface area contributed by atoms with Crippen molar-refractivity contribution < 1.29 is 14.3 Å². The number of carbonyl (C=O) groups excluding carboxylic acids is 1. The van der Waals surface area contributed by atoms with Crippen molar-refractivity contribution in [3.63, 3.8) is 0 Å². The van der Waals surface area contributed by atoms with Crippen LogP contribution in [0.3, 0.4) is 0 Å². The SMILES string of the molecule is COc1cccc(OC)c1CC(=O)N1CCNC(C)C1C. The summed E-state index contributed by atoms with van der Waals surface area (Å²) in [6, 6.07) is 6.07. The highest BCUT2D eigenvalue weighted by molar-refractivity contribution is 5.81. The standard InChI is InChI=1S/C16H24N2O3/c1-11-12(2)18(9-8-17-11)16(19)10-13-14(20-3)6-5-7-15(13)21-4/h5-7,11-12,17H,8-10H2,1-4H3. The van der Waals surface area contributed by atoms with Gasteiger partial charge in [-0.05, 0) is 26.0 Å². The molecule has 1 aliphatic rings. The number of benzene rings is 1. The van der Waals surface area contributed by atoms with Crippen LogP contribution in [0.5, 0.6) is 11.5 Å². The van der Waals surface area contributed by atoms with Gasteiger partial charge < -0.3 is 19.7 Å². The molecular formula is C16H24N2O3. The minimum absolute atomic E-state index is 0.110. The first-order valence-electron chi connectivity index (χ1n) is 7.31. The van der Waals surface area contributed by atoms with Crippen LogP contribution in [0.25, 0.3) is 0 Å². The van der Waals surface area contributed by atoms with Gasteiger partial charge in [0.25, 0.3) is 0 Å². The maximum Gasteiger partial charge on any atom is 0.227 e. The van der Waals surface area contributed by atoms with Crippen molar-refractivity contribution >= 4 is 5.91 Å². The van der Waals surface area contributed by atoms with Crippen LogP contribution in [0, 0.1) is 0 Å². The first-order valence-corrected chi connectivity index (χ1v) is 7.31. The molecule has 5 heteroatoms. The normalized spacial score (nSPS) is 22.0. The summed E-state index contributed by atoms with van der Waals surface area (Å²) in [4.78, 5) is 14.6. The molecular weight excluding hydrogens is 268 g/mol. The molecule has 1 N–H and O–H groups in total. The summed E-state index contributed by atoms with van der Waals surface area (Å²) < 4.78 is 10.7. The number of methoxy groups -OCH3 is 2. The van der Waals surface area contributed by atoms with Gasteiger partial charge in [-0.1, -0.05) is 6.07 Å². The summed E-state index contributed by atoms with van der Waals surface area (Å²) in [5.74, 6) is 1.50. The molecule has 1 amide bonds. The number of ether oxygens (including phenoxy) is 2. The van der Waals surface area contributed by atoms with Gasteiger partial charge >= 0.3 is 0 Å². The summed E-state index contributed by atoms with van der Waals surface area (Å²) >= 11 is 0. The average Bonchev–Trinajstić information content (AvgIpc) is 2.50. The molecule has 5 nitrogen and oxygen atoms in total. The molecule has 1 aromatic rings. The van der Waals surface area contributed by atoms with Crippen LogP contribution < -0.4 is 14.8 Å². The summed E-state index contributed by atoms with van der Waals surface area (Å²) in [5, 5.41) is 3.38. The summed E-state index contributed by atoms with van der Waals surface area (Å²) in [6.45, 7) is 5.75. The predicted octanol–water partition coefficient (Wildman–Crippen LogP) is 1.46. The van der Waals surface area contributed by atoms with Gasteiger partial charge in [0, 0.05) is 30.7 Å². The molecule has 0 spiro atoms. The second-order valence-electron chi connectivity index (χ2n) is 5.39. The van der Waals surface area contributed by atoms with E-state index in [-0.39, 0.29) is 11.9 Å². The van der Waals surface area contributed by atoms with Crippen LogP contribution in [0.1, 0.15) is 19.4 Å². The highest BCUT2D eigenvalue weighted by Gasteiger charge is 2.29. The van der Waals surface area contributed by atoms with Crippen molar-refractivity contribution in [1.29, 1.82) is 0 Å². The Hall–Kier alpha value is -1.75. The molecule has 1 aliphatic heterocycles. The van der Waals surface area contributed by atoms with E-state index in [0.29, 0.717) is 24.0 Å². The lowest BCUT2D eigenvalue weighted by molar-refractivity contribution is -0.134. The van der Waals surface area contributed by atoms with E-state index < -0.39 is 0 Å². The lowest BCUT2D eigenvalue weighted by Gasteiger charge is -2.38. The van der Waals surface area contributed by atoms with Crippen molar-refractivity contribution in [2.24, 2.45) is 0 Å². The van der Waals surface area contributed by atoms with E-state index in [1.807, 2.05) is 23.1 Å². The van der Waals surface area contributed by atoms with Crippen molar-refractivity contribution in [2.75, 3.05) is 27.3 Å². The van der Waals surface area contributed by atoms with E-state index in [4.69, 9.17) is 9.47 Å². The van der Waals surface area contributed by atoms with Crippen LogP contribution in [0.2, 0.25) is 0 Å². The minimum atomic E-state index is 0.110. The molecule has 21 heavy (non-hydrogen) atoms. The van der Waals surface area contributed by atoms with Crippen molar-refractivity contribution in [1.82, 2.24) is 10.2 Å². The van der Waals surface area contributed by atoms with Crippen LogP contribution >= 0.6 is 0 Å². The van der Waals surface area contributed by atoms with Crippen LogP contribution in [0.15, 0.2) is 18.2 Å². The van der Waals surface area contributed by atoms with Crippen molar-refractivity contribution in [3.8, 4) is 11.5 Å². The number of nitrogens with one attached hydrogen (secondary N) is 1. The van der Waals surface area contributed by atoms with Gasteiger partial charge in [-0.25, -0.2) is 0 Å². The quantitative estimate of drug-likeness (QED) is 0.913. The Morgan fingerprint density at radius 2 is 1.90 bits per heavy atom. The number of hydrogen-bond donors (Lipinski definition) is 1. The van der Waals surface area contributed by atoms with E-state index in [2.05, 4.69) is 19.2 Å². The predicted molar refractivity (Wildman–Crippen MR) is 81.9 cm³/mol. The first-order chi connectivity index (χ1) is 10.1. The topological polar surface area (TPSA) is 50.8 Å². The molecule has 1 heterocycles. The second kappa shape index (κ2) is 6.80. The van der Waals surface area contributed by atoms with E-state index in [9.17, 15) is 4.79 Å². The minimum Gasteiger partial charge on any atom is -0.496 e. The van der Waals surface area contributed by atoms with Crippen molar-refractivity contribution in [2.45, 2.75) is 32.4 Å². The smallest absolute Gasteiger partial charge is 0.227 e. The number of nitrogens with zero attached hydrogens (tertiary/aromatic N) is 1. The number of piperazine rings is 1. The van der Waals surface area contributed by atoms with E-state index in [1.165, 1.54) is 0 Å². The zero-order valence-corrected chi connectivity index (χ0v) is 13.2. The highest BCUT2D eigenvalue weighted by atomic mass is 16.5. The maximum atomic E-state index is 12.6. The molecule has 0 bridgehead atoms. The molecule has 1 fully saturated rings. The molecule has 1 saturated heterocycles. The fourth-order valence-electron chi connectivity index (χ4n) is 2.76. The Kier molecular flexibility index (Phi) is 5.07. The highest BCUT2D eigenvalue weighted by Crippen LogP contribution is 2.29. The third-order valence-electron chi connectivity index (χ3n) is 4.21. The van der Waals surface area contributed by atoms with Gasteiger partial charge in [-0.3, -0.25) is 4.79 Å². The Morgan fingerprint density at radius 3 is 2.48 bits per heavy atom. The zero-order chi connectivity index (χ0) is 15.4. The monoisotopic (exact) mass is 292 g/mol. The van der Waals surface area contributed by atoms with Crippen LogP contribution in [-0.2, 0) is 11.2 Å². The number of amides is 1. The molecule has 0 aromatic heterocycles. The molecule has 2 unspecified atom stereocenters. The number of carbonyl (C=O) groups is 1. The van der Waals surface area contributed by atoms with Gasteiger partial charge in [0.1, 0.15) is 11.5 Å². The Balaban J connectivity index is 2.19. The second-order valence-corrected chi connectivity index (χ2v) is 5.39. The average molecular weight is 292 g/mol. The third-order valence-corrected chi connectivity index (χ3v) is 4.21. The molecule has 0 aliphatic carbocycles. The lowest BCUT2D eigenvalue weighted by atomic mass is 10.0. The third kappa shape index (κ3) is 3.29. The van der Waals surface area contributed by atoms with Gasteiger partial charge in [0.05, 0.1) is 20.6 Å². The largest absolute Gasteiger partial charge is 0.496 e. The fourth-order valence-corrected chi connectivity index (χ4v) is 2.76. The van der Waals surface area contributed by atoms with Crippen LogP contribution in [-0.4, -0.2) is 50.2 Å². The number of rotatable bonds is 4. The Morgan fingerprint density at radius 1 is 1.29 bits per heavy atom. The van der Waals surface area contributed by atoms with Gasteiger partial charge in [-0.2, -0.15) is 0 Å². The Labute approximate surface area is 126 Å². The van der Waals surface area contributed by atoms with E-state index in [1.54, 1.807) is 14.2 Å².